The lowest BCUT2D eigenvalue weighted by molar-refractivity contribution is 0.0953. The van der Waals surface area contributed by atoms with Crippen LogP contribution in [0.4, 0.5) is 0 Å². The fourth-order valence-corrected chi connectivity index (χ4v) is 3.26. The number of hydrogen-bond acceptors (Lipinski definition) is 2. The van der Waals surface area contributed by atoms with Gasteiger partial charge in [0, 0.05) is 29.9 Å². The molecule has 2 N–H and O–H groups in total. The van der Waals surface area contributed by atoms with Gasteiger partial charge in [-0.25, -0.2) is 4.98 Å². The Kier molecular flexibility index (Phi) is 3.98. The largest absolute Gasteiger partial charge is 0.352 e. The van der Waals surface area contributed by atoms with E-state index in [-0.39, 0.29) is 5.91 Å². The van der Waals surface area contributed by atoms with Gasteiger partial charge in [-0.3, -0.25) is 4.79 Å². The van der Waals surface area contributed by atoms with E-state index in [1.54, 1.807) is 6.33 Å². The average Bonchev–Trinajstić information content (AvgIpc) is 3.21. The Labute approximate surface area is 145 Å². The Hall–Kier alpha value is -3.08. The summed E-state index contributed by atoms with van der Waals surface area (Å²) in [4.78, 5) is 19.5. The predicted molar refractivity (Wildman–Crippen MR) is 99.7 cm³/mol. The molecule has 0 aliphatic heterocycles. The van der Waals surface area contributed by atoms with Gasteiger partial charge in [0.15, 0.2) is 0 Å². The number of imidazole rings is 1. The molecule has 5 nitrogen and oxygen atoms in total. The van der Waals surface area contributed by atoms with E-state index < -0.39 is 0 Å². The number of carbonyl (C=O) groups is 1. The van der Waals surface area contributed by atoms with Crippen molar-refractivity contribution in [3.8, 4) is 0 Å². The normalized spacial score (nSPS) is 11.2. The molecule has 1 amide bonds. The van der Waals surface area contributed by atoms with E-state index >= 15 is 0 Å². The minimum absolute atomic E-state index is 0.0504. The number of H-pyrrole nitrogens is 1. The molecular formula is C20H20N4O. The van der Waals surface area contributed by atoms with Crippen LogP contribution in [0.5, 0.6) is 0 Å². The summed E-state index contributed by atoms with van der Waals surface area (Å²) < 4.78 is 2.30. The minimum Gasteiger partial charge on any atom is -0.352 e. The summed E-state index contributed by atoms with van der Waals surface area (Å²) >= 11 is 0. The summed E-state index contributed by atoms with van der Waals surface area (Å²) in [6.45, 7) is 3.66. The number of aromatic amines is 1. The first-order valence-electron chi connectivity index (χ1n) is 8.48. The van der Waals surface area contributed by atoms with Gasteiger partial charge in [-0.1, -0.05) is 18.2 Å². The van der Waals surface area contributed by atoms with Crippen LogP contribution in [0.3, 0.4) is 0 Å². The van der Waals surface area contributed by atoms with Crippen molar-refractivity contribution >= 4 is 27.8 Å². The summed E-state index contributed by atoms with van der Waals surface area (Å²) in [7, 11) is 0. The maximum atomic E-state index is 12.3. The van der Waals surface area contributed by atoms with E-state index in [2.05, 4.69) is 57.1 Å². The molecule has 0 spiro atoms. The molecule has 2 aromatic heterocycles. The van der Waals surface area contributed by atoms with Crippen LogP contribution >= 0.6 is 0 Å². The number of para-hydroxylation sites is 1. The van der Waals surface area contributed by atoms with Crippen LogP contribution in [-0.2, 0) is 6.54 Å². The molecule has 0 fully saturated rings. The molecule has 0 aliphatic rings. The zero-order valence-corrected chi connectivity index (χ0v) is 14.1. The van der Waals surface area contributed by atoms with E-state index in [4.69, 9.17) is 0 Å². The van der Waals surface area contributed by atoms with Crippen molar-refractivity contribution in [2.24, 2.45) is 0 Å². The minimum atomic E-state index is -0.0504. The van der Waals surface area contributed by atoms with Crippen molar-refractivity contribution in [1.82, 2.24) is 19.9 Å². The van der Waals surface area contributed by atoms with Crippen molar-refractivity contribution < 1.29 is 4.79 Å². The Balaban J connectivity index is 1.37. The summed E-state index contributed by atoms with van der Waals surface area (Å²) in [5.41, 5.74) is 4.89. The van der Waals surface area contributed by atoms with Crippen LogP contribution in [0.2, 0.25) is 0 Å². The van der Waals surface area contributed by atoms with Gasteiger partial charge in [0.25, 0.3) is 5.91 Å². The lowest BCUT2D eigenvalue weighted by Crippen LogP contribution is -2.25. The number of fused-ring (bicyclic) bond motifs is 2. The second-order valence-electron chi connectivity index (χ2n) is 6.24. The highest BCUT2D eigenvalue weighted by molar-refractivity contribution is 5.97. The highest BCUT2D eigenvalue weighted by Crippen LogP contribution is 2.19. The van der Waals surface area contributed by atoms with E-state index in [1.807, 2.05) is 18.2 Å². The number of rotatable bonds is 5. The molecule has 126 valence electrons. The molecule has 0 bridgehead atoms. The Morgan fingerprint density at radius 2 is 2.08 bits per heavy atom. The smallest absolute Gasteiger partial charge is 0.251 e. The molecule has 5 heteroatoms. The summed E-state index contributed by atoms with van der Waals surface area (Å²) in [6, 6.07) is 16.1. The molecule has 4 aromatic rings. The highest BCUT2D eigenvalue weighted by Gasteiger charge is 2.08. The first-order valence-corrected chi connectivity index (χ1v) is 8.48. The zero-order valence-electron chi connectivity index (χ0n) is 14.1. The maximum Gasteiger partial charge on any atom is 0.251 e. The number of benzene rings is 2. The quantitative estimate of drug-likeness (QED) is 0.548. The number of amides is 1. The molecule has 2 heterocycles. The molecule has 25 heavy (non-hydrogen) atoms. The monoisotopic (exact) mass is 332 g/mol. The first-order chi connectivity index (χ1) is 12.2. The number of hydrogen-bond donors (Lipinski definition) is 2. The molecule has 0 aliphatic carbocycles. The molecule has 4 rings (SSSR count). The van der Waals surface area contributed by atoms with Crippen molar-refractivity contribution in [3.05, 3.63) is 66.1 Å². The van der Waals surface area contributed by atoms with Gasteiger partial charge >= 0.3 is 0 Å². The molecule has 0 saturated carbocycles. The van der Waals surface area contributed by atoms with Crippen LogP contribution in [0.25, 0.3) is 21.9 Å². The van der Waals surface area contributed by atoms with Crippen molar-refractivity contribution in [3.63, 3.8) is 0 Å². The number of nitrogens with one attached hydrogen (secondary N) is 2. The first kappa shape index (κ1) is 15.4. The third-order valence-electron chi connectivity index (χ3n) is 4.54. The van der Waals surface area contributed by atoms with Gasteiger partial charge in [0.2, 0.25) is 0 Å². The van der Waals surface area contributed by atoms with Gasteiger partial charge in [-0.15, -0.1) is 0 Å². The standard InChI is InChI=1S/C20H20N4O/c1-14-11-15-5-2-3-6-19(15)24(14)10-4-9-21-20(25)16-7-8-17-18(12-16)23-13-22-17/h2-3,5-8,11-13H,4,9-10H2,1H3,(H,21,25)(H,22,23). The van der Waals surface area contributed by atoms with E-state index in [1.165, 1.54) is 16.6 Å². The van der Waals surface area contributed by atoms with Gasteiger partial charge in [0.1, 0.15) is 0 Å². The van der Waals surface area contributed by atoms with Crippen molar-refractivity contribution in [2.45, 2.75) is 19.9 Å². The Morgan fingerprint density at radius 3 is 3.00 bits per heavy atom. The third-order valence-corrected chi connectivity index (χ3v) is 4.54. The van der Waals surface area contributed by atoms with Gasteiger partial charge in [0.05, 0.1) is 17.4 Å². The van der Waals surface area contributed by atoms with Gasteiger partial charge in [-0.2, -0.15) is 0 Å². The van der Waals surface area contributed by atoms with Crippen LogP contribution in [0.1, 0.15) is 22.5 Å². The van der Waals surface area contributed by atoms with Crippen LogP contribution < -0.4 is 5.32 Å². The molecule has 0 unspecified atom stereocenters. The van der Waals surface area contributed by atoms with Crippen LogP contribution in [-0.4, -0.2) is 27.0 Å². The lowest BCUT2D eigenvalue weighted by atomic mass is 10.2. The number of carbonyl (C=O) groups excluding carboxylic acids is 1. The van der Waals surface area contributed by atoms with Crippen LogP contribution in [0, 0.1) is 6.92 Å². The summed E-state index contributed by atoms with van der Waals surface area (Å²) in [5.74, 6) is -0.0504. The predicted octanol–water partition coefficient (Wildman–Crippen LogP) is 3.65. The molecule has 0 saturated heterocycles. The lowest BCUT2D eigenvalue weighted by Gasteiger charge is -2.09. The second-order valence-corrected chi connectivity index (χ2v) is 6.24. The Morgan fingerprint density at radius 1 is 1.20 bits per heavy atom. The average molecular weight is 332 g/mol. The zero-order chi connectivity index (χ0) is 17.2. The van der Waals surface area contributed by atoms with E-state index in [0.29, 0.717) is 12.1 Å². The van der Waals surface area contributed by atoms with Crippen molar-refractivity contribution in [2.75, 3.05) is 6.54 Å². The SMILES string of the molecule is Cc1cc2ccccc2n1CCCNC(=O)c1ccc2nc[nH]c2c1. The topological polar surface area (TPSA) is 62.7 Å². The van der Waals surface area contributed by atoms with Crippen molar-refractivity contribution in [1.29, 1.82) is 0 Å². The molecule has 0 radical (unpaired) electrons. The summed E-state index contributed by atoms with van der Waals surface area (Å²) in [5, 5.41) is 4.26. The molecule has 0 atom stereocenters. The second kappa shape index (κ2) is 6.43. The fourth-order valence-electron chi connectivity index (χ4n) is 3.26. The highest BCUT2D eigenvalue weighted by atomic mass is 16.1. The Bertz CT molecular complexity index is 1040. The molecular weight excluding hydrogens is 312 g/mol. The maximum absolute atomic E-state index is 12.3. The van der Waals surface area contributed by atoms with E-state index in [0.717, 1.165) is 24.0 Å². The number of nitrogens with zero attached hydrogens (tertiary/aromatic N) is 2. The third kappa shape index (κ3) is 3.01. The van der Waals surface area contributed by atoms with Gasteiger partial charge < -0.3 is 14.9 Å². The summed E-state index contributed by atoms with van der Waals surface area (Å²) in [6.07, 6.45) is 2.52. The fraction of sp³-hybridized carbons (Fsp3) is 0.200. The number of aromatic nitrogens is 3. The van der Waals surface area contributed by atoms with Gasteiger partial charge in [-0.05, 0) is 49.1 Å². The van der Waals surface area contributed by atoms with E-state index in [9.17, 15) is 4.79 Å². The molecule has 2 aromatic carbocycles. The number of aryl methyl sites for hydroxylation is 2. The van der Waals surface area contributed by atoms with Crippen LogP contribution in [0.15, 0.2) is 54.9 Å².